The van der Waals surface area contributed by atoms with Crippen LogP contribution in [-0.2, 0) is 5.54 Å². The van der Waals surface area contributed by atoms with E-state index in [2.05, 4.69) is 22.1 Å². The molecule has 0 atom stereocenters. The van der Waals surface area contributed by atoms with Gasteiger partial charge in [0.25, 0.3) is 5.56 Å². The normalized spacial score (nSPS) is 15.7. The molecular weight excluding hydrogens is 252 g/mol. The molecule has 1 heterocycles. The molecule has 0 radical (unpaired) electrons. The van der Waals surface area contributed by atoms with E-state index in [4.69, 9.17) is 0 Å². The smallest absolute Gasteiger partial charge is 0.293 e. The van der Waals surface area contributed by atoms with E-state index in [-0.39, 0.29) is 11.1 Å². The van der Waals surface area contributed by atoms with Crippen LogP contribution in [0.25, 0.3) is 0 Å². The molecule has 0 unspecified atom stereocenters. The van der Waals surface area contributed by atoms with E-state index >= 15 is 0 Å². The predicted octanol–water partition coefficient (Wildman–Crippen LogP) is 1.89. The maximum Gasteiger partial charge on any atom is 0.293 e. The van der Waals surface area contributed by atoms with Gasteiger partial charge in [0.15, 0.2) is 5.82 Å². The van der Waals surface area contributed by atoms with Crippen molar-refractivity contribution in [3.05, 3.63) is 22.7 Å². The van der Waals surface area contributed by atoms with Gasteiger partial charge in [-0.05, 0) is 40.2 Å². The lowest BCUT2D eigenvalue weighted by Gasteiger charge is -2.23. The molecule has 0 aliphatic heterocycles. The molecule has 1 aromatic rings. The largest absolute Gasteiger partial charge is 0.364 e. The molecule has 1 aliphatic rings. The Labute approximate surface area is 121 Å². The fraction of sp³-hybridized carbons (Fsp3) is 0.733. The van der Waals surface area contributed by atoms with E-state index in [1.165, 1.54) is 12.8 Å². The molecule has 1 aromatic heterocycles. The van der Waals surface area contributed by atoms with Crippen molar-refractivity contribution >= 4 is 5.82 Å². The van der Waals surface area contributed by atoms with Gasteiger partial charge in [0.05, 0.1) is 0 Å². The van der Waals surface area contributed by atoms with Gasteiger partial charge >= 0.3 is 0 Å². The Balaban J connectivity index is 1.98. The summed E-state index contributed by atoms with van der Waals surface area (Å²) in [5.41, 5.74) is -0.269. The van der Waals surface area contributed by atoms with E-state index in [1.807, 2.05) is 20.8 Å². The summed E-state index contributed by atoms with van der Waals surface area (Å²) >= 11 is 0. The highest BCUT2D eigenvalue weighted by Crippen LogP contribution is 2.25. The maximum atomic E-state index is 12.3. The van der Waals surface area contributed by atoms with E-state index in [1.54, 1.807) is 17.0 Å². The summed E-state index contributed by atoms with van der Waals surface area (Å²) in [5.74, 6) is 0.453. The molecule has 0 spiro atoms. The zero-order valence-corrected chi connectivity index (χ0v) is 13.0. The van der Waals surface area contributed by atoms with Gasteiger partial charge in [-0.1, -0.05) is 6.92 Å². The molecule has 0 bridgehead atoms. The molecule has 5 nitrogen and oxygen atoms in total. The Morgan fingerprint density at radius 2 is 2.15 bits per heavy atom. The van der Waals surface area contributed by atoms with Crippen molar-refractivity contribution in [2.45, 2.75) is 52.1 Å². The Morgan fingerprint density at radius 3 is 2.70 bits per heavy atom. The maximum absolute atomic E-state index is 12.3. The second kappa shape index (κ2) is 5.95. The van der Waals surface area contributed by atoms with Gasteiger partial charge in [-0.2, -0.15) is 0 Å². The van der Waals surface area contributed by atoms with Crippen LogP contribution in [0.3, 0.4) is 0 Å². The van der Waals surface area contributed by atoms with Crippen molar-refractivity contribution in [2.24, 2.45) is 0 Å². The SMILES string of the molecule is CCN(CCNc1nccn(C(C)(C)C)c1=O)C1CC1. The van der Waals surface area contributed by atoms with Crippen LogP contribution in [-0.4, -0.2) is 40.1 Å². The van der Waals surface area contributed by atoms with E-state index in [0.29, 0.717) is 5.82 Å². The Morgan fingerprint density at radius 1 is 1.45 bits per heavy atom. The average Bonchev–Trinajstić information content (AvgIpc) is 3.19. The molecule has 112 valence electrons. The molecule has 1 aliphatic carbocycles. The predicted molar refractivity (Wildman–Crippen MR) is 82.3 cm³/mol. The van der Waals surface area contributed by atoms with Crippen LogP contribution < -0.4 is 10.9 Å². The minimum atomic E-state index is -0.222. The van der Waals surface area contributed by atoms with Gasteiger partial charge in [0.2, 0.25) is 0 Å². The first kappa shape index (κ1) is 15.0. The second-order valence-corrected chi connectivity index (χ2v) is 6.41. The third-order valence-electron chi connectivity index (χ3n) is 3.72. The van der Waals surface area contributed by atoms with Gasteiger partial charge in [-0.3, -0.25) is 9.69 Å². The van der Waals surface area contributed by atoms with E-state index < -0.39 is 0 Å². The van der Waals surface area contributed by atoms with Crippen LogP contribution in [0, 0.1) is 0 Å². The summed E-state index contributed by atoms with van der Waals surface area (Å²) in [6.07, 6.45) is 6.06. The topological polar surface area (TPSA) is 50.2 Å². The molecule has 5 heteroatoms. The molecule has 20 heavy (non-hydrogen) atoms. The highest BCUT2D eigenvalue weighted by atomic mass is 16.1. The Kier molecular flexibility index (Phi) is 4.48. The molecule has 1 saturated carbocycles. The number of likely N-dealkylation sites (N-methyl/N-ethyl adjacent to an activating group) is 1. The lowest BCUT2D eigenvalue weighted by molar-refractivity contribution is 0.288. The summed E-state index contributed by atoms with van der Waals surface area (Å²) in [5, 5.41) is 3.19. The third kappa shape index (κ3) is 3.60. The van der Waals surface area contributed by atoms with Crippen molar-refractivity contribution in [2.75, 3.05) is 25.0 Å². The first-order chi connectivity index (χ1) is 9.43. The van der Waals surface area contributed by atoms with Crippen molar-refractivity contribution < 1.29 is 0 Å². The van der Waals surface area contributed by atoms with Crippen LogP contribution in [0.1, 0.15) is 40.5 Å². The Bertz CT molecular complexity index is 499. The van der Waals surface area contributed by atoms with Crippen LogP contribution in [0.5, 0.6) is 0 Å². The van der Waals surface area contributed by atoms with Gasteiger partial charge in [0.1, 0.15) is 0 Å². The van der Waals surface area contributed by atoms with Crippen molar-refractivity contribution in [1.29, 1.82) is 0 Å². The molecule has 1 N–H and O–H groups in total. The van der Waals surface area contributed by atoms with Crippen LogP contribution in [0.4, 0.5) is 5.82 Å². The fourth-order valence-corrected chi connectivity index (χ4v) is 2.42. The minimum absolute atomic E-state index is 0.0468. The van der Waals surface area contributed by atoms with Crippen molar-refractivity contribution in [1.82, 2.24) is 14.5 Å². The lowest BCUT2D eigenvalue weighted by Crippen LogP contribution is -2.36. The summed E-state index contributed by atoms with van der Waals surface area (Å²) in [7, 11) is 0. The number of hydrogen-bond donors (Lipinski definition) is 1. The third-order valence-corrected chi connectivity index (χ3v) is 3.72. The fourth-order valence-electron chi connectivity index (χ4n) is 2.42. The quantitative estimate of drug-likeness (QED) is 0.863. The zero-order chi connectivity index (χ0) is 14.8. The summed E-state index contributed by atoms with van der Waals surface area (Å²) in [6.45, 7) is 11.0. The number of aromatic nitrogens is 2. The Hall–Kier alpha value is -1.36. The van der Waals surface area contributed by atoms with E-state index in [0.717, 1.165) is 25.7 Å². The van der Waals surface area contributed by atoms with Gasteiger partial charge in [0, 0.05) is 37.1 Å². The number of rotatable bonds is 6. The van der Waals surface area contributed by atoms with Crippen LogP contribution >= 0.6 is 0 Å². The van der Waals surface area contributed by atoms with Crippen LogP contribution in [0.15, 0.2) is 17.2 Å². The number of anilines is 1. The number of hydrogen-bond acceptors (Lipinski definition) is 4. The average molecular weight is 278 g/mol. The zero-order valence-electron chi connectivity index (χ0n) is 13.0. The highest BCUT2D eigenvalue weighted by Gasteiger charge is 2.27. The number of nitrogens with zero attached hydrogens (tertiary/aromatic N) is 3. The molecule has 0 amide bonds. The summed E-state index contributed by atoms with van der Waals surface area (Å²) < 4.78 is 1.72. The van der Waals surface area contributed by atoms with E-state index in [9.17, 15) is 4.79 Å². The van der Waals surface area contributed by atoms with Crippen molar-refractivity contribution in [3.63, 3.8) is 0 Å². The molecule has 1 fully saturated rings. The lowest BCUT2D eigenvalue weighted by atomic mass is 10.1. The van der Waals surface area contributed by atoms with Crippen LogP contribution in [0.2, 0.25) is 0 Å². The first-order valence-corrected chi connectivity index (χ1v) is 7.49. The van der Waals surface area contributed by atoms with Gasteiger partial charge in [-0.15, -0.1) is 0 Å². The first-order valence-electron chi connectivity index (χ1n) is 7.49. The minimum Gasteiger partial charge on any atom is -0.364 e. The highest BCUT2D eigenvalue weighted by molar-refractivity contribution is 5.31. The number of nitrogens with one attached hydrogen (secondary N) is 1. The standard InChI is InChI=1S/C15H26N4O/c1-5-18(12-6-7-12)10-8-16-13-14(20)19(11-9-17-13)15(2,3)4/h9,11-12H,5-8,10H2,1-4H3,(H,16,17). The monoisotopic (exact) mass is 278 g/mol. The summed E-state index contributed by atoms with van der Waals surface area (Å²) in [4.78, 5) is 19.0. The van der Waals surface area contributed by atoms with Gasteiger partial charge < -0.3 is 9.88 Å². The molecule has 2 rings (SSSR count). The summed E-state index contributed by atoms with van der Waals surface area (Å²) in [6, 6.07) is 0.761. The van der Waals surface area contributed by atoms with Gasteiger partial charge in [-0.25, -0.2) is 4.98 Å². The molecular formula is C15H26N4O. The molecule has 0 saturated heterocycles. The van der Waals surface area contributed by atoms with Crippen molar-refractivity contribution in [3.8, 4) is 0 Å². The second-order valence-electron chi connectivity index (χ2n) is 6.41. The molecule has 0 aromatic carbocycles.